The van der Waals surface area contributed by atoms with E-state index in [1.807, 2.05) is 48.5 Å². The average Bonchev–Trinajstić information content (AvgIpc) is 3.56. The van der Waals surface area contributed by atoms with Gasteiger partial charge in [0.2, 0.25) is 5.95 Å². The summed E-state index contributed by atoms with van der Waals surface area (Å²) in [5.74, 6) is 0.743. The molecule has 0 radical (unpaired) electrons. The molecule has 1 aromatic carbocycles. The highest BCUT2D eigenvalue weighted by molar-refractivity contribution is 5.96. The molecule has 1 saturated heterocycles. The van der Waals surface area contributed by atoms with Crippen molar-refractivity contribution in [3.63, 3.8) is 0 Å². The molecule has 4 heterocycles. The number of hydrogen-bond donors (Lipinski definition) is 0. The number of fused-ring (bicyclic) bond motifs is 2. The Labute approximate surface area is 187 Å². The molecule has 162 valence electrons. The summed E-state index contributed by atoms with van der Waals surface area (Å²) in [5.41, 5.74) is 6.22. The molecule has 1 spiro atoms. The van der Waals surface area contributed by atoms with Gasteiger partial charge >= 0.3 is 0 Å². The summed E-state index contributed by atoms with van der Waals surface area (Å²) in [7, 11) is 0. The summed E-state index contributed by atoms with van der Waals surface area (Å²) >= 11 is 0. The average molecular weight is 428 g/mol. The molecule has 2 fully saturated rings. The minimum atomic E-state index is 0.0658. The van der Waals surface area contributed by atoms with Crippen molar-refractivity contribution < 1.29 is 9.53 Å². The fourth-order valence-electron chi connectivity index (χ4n) is 4.90. The first kappa shape index (κ1) is 19.4. The molecule has 7 heteroatoms. The second-order valence-corrected chi connectivity index (χ2v) is 8.91. The maximum absolute atomic E-state index is 13.1. The normalized spacial score (nSPS) is 18.7. The first-order chi connectivity index (χ1) is 15.6. The predicted molar refractivity (Wildman–Crippen MR) is 121 cm³/mol. The lowest BCUT2D eigenvalue weighted by Crippen LogP contribution is -2.40. The third-order valence-corrected chi connectivity index (χ3v) is 6.92. The zero-order chi connectivity index (χ0) is 21.7. The monoisotopic (exact) mass is 427 g/mol. The van der Waals surface area contributed by atoms with Crippen LogP contribution in [0.4, 0.5) is 11.6 Å². The fraction of sp³-hybridized carbons (Fsp3) is 0.360. The maximum Gasteiger partial charge on any atom is 0.254 e. The van der Waals surface area contributed by atoms with Crippen LogP contribution in [0.1, 0.15) is 34.5 Å². The Balaban J connectivity index is 1.33. The zero-order valence-corrected chi connectivity index (χ0v) is 18.1. The number of benzene rings is 1. The first-order valence-corrected chi connectivity index (χ1v) is 11.2. The maximum atomic E-state index is 13.1. The van der Waals surface area contributed by atoms with Gasteiger partial charge in [0.1, 0.15) is 0 Å². The number of anilines is 2. The number of hydrogen-bond acceptors (Lipinski definition) is 6. The fourth-order valence-corrected chi connectivity index (χ4v) is 4.90. The highest BCUT2D eigenvalue weighted by Gasteiger charge is 2.52. The van der Waals surface area contributed by atoms with Gasteiger partial charge < -0.3 is 14.5 Å². The molecular formula is C25H25N5O2. The largest absolute Gasteiger partial charge is 0.378 e. The predicted octanol–water partition coefficient (Wildman–Crippen LogP) is 3.50. The number of amides is 1. The van der Waals surface area contributed by atoms with Gasteiger partial charge in [0, 0.05) is 71.7 Å². The standard InChI is InChI=1S/C25H25N5O2/c1-17-20(3-2-8-26-17)19-14-27-24(28-15-19)30-16-25(6-7-25)21-5-4-18(13-22(21)30)23(31)29-9-11-32-12-10-29/h2-5,8,13-15H,6-7,9-12,16H2,1H3. The van der Waals surface area contributed by atoms with E-state index < -0.39 is 0 Å². The van der Waals surface area contributed by atoms with Crippen molar-refractivity contribution in [3.05, 3.63) is 65.7 Å². The van der Waals surface area contributed by atoms with Crippen LogP contribution in [0.2, 0.25) is 0 Å². The van der Waals surface area contributed by atoms with E-state index in [-0.39, 0.29) is 11.3 Å². The number of ether oxygens (including phenoxy) is 1. The van der Waals surface area contributed by atoms with Crippen molar-refractivity contribution >= 4 is 17.5 Å². The Morgan fingerprint density at radius 2 is 1.84 bits per heavy atom. The molecule has 7 nitrogen and oxygen atoms in total. The van der Waals surface area contributed by atoms with Crippen LogP contribution in [-0.4, -0.2) is 58.6 Å². The van der Waals surface area contributed by atoms with Crippen LogP contribution in [0, 0.1) is 6.92 Å². The molecule has 32 heavy (non-hydrogen) atoms. The lowest BCUT2D eigenvalue weighted by atomic mass is 9.97. The van der Waals surface area contributed by atoms with Crippen LogP contribution in [0.5, 0.6) is 0 Å². The number of carbonyl (C=O) groups excluding carboxylic acids is 1. The summed E-state index contributed by atoms with van der Waals surface area (Å²) in [4.78, 5) is 30.9. The lowest BCUT2D eigenvalue weighted by molar-refractivity contribution is 0.0303. The third-order valence-electron chi connectivity index (χ3n) is 6.92. The van der Waals surface area contributed by atoms with Gasteiger partial charge in [-0.2, -0.15) is 0 Å². The highest BCUT2D eigenvalue weighted by Crippen LogP contribution is 2.57. The molecule has 3 aliphatic rings. The molecule has 6 rings (SSSR count). The van der Waals surface area contributed by atoms with E-state index in [4.69, 9.17) is 14.7 Å². The number of morpholine rings is 1. The number of rotatable bonds is 3. The van der Waals surface area contributed by atoms with E-state index >= 15 is 0 Å². The van der Waals surface area contributed by atoms with Gasteiger partial charge in [0.25, 0.3) is 5.91 Å². The lowest BCUT2D eigenvalue weighted by Gasteiger charge is -2.27. The molecule has 3 aromatic rings. The van der Waals surface area contributed by atoms with Gasteiger partial charge in [0.15, 0.2) is 0 Å². The van der Waals surface area contributed by atoms with Gasteiger partial charge in [-0.15, -0.1) is 0 Å². The summed E-state index contributed by atoms with van der Waals surface area (Å²) in [6, 6.07) is 10.1. The van der Waals surface area contributed by atoms with Gasteiger partial charge in [-0.1, -0.05) is 12.1 Å². The number of pyridine rings is 1. The van der Waals surface area contributed by atoms with Gasteiger partial charge in [-0.3, -0.25) is 9.78 Å². The molecule has 1 amide bonds. The van der Waals surface area contributed by atoms with Crippen molar-refractivity contribution in [2.45, 2.75) is 25.2 Å². The second-order valence-electron chi connectivity index (χ2n) is 8.91. The van der Waals surface area contributed by atoms with Crippen molar-refractivity contribution in [3.8, 4) is 11.1 Å². The number of aromatic nitrogens is 3. The van der Waals surface area contributed by atoms with Crippen molar-refractivity contribution in [2.24, 2.45) is 0 Å². The molecule has 0 bridgehead atoms. The van der Waals surface area contributed by atoms with Crippen LogP contribution in [-0.2, 0) is 10.2 Å². The zero-order valence-electron chi connectivity index (χ0n) is 18.1. The molecular weight excluding hydrogens is 402 g/mol. The van der Waals surface area contributed by atoms with E-state index in [9.17, 15) is 4.79 Å². The number of aryl methyl sites for hydroxylation is 1. The summed E-state index contributed by atoms with van der Waals surface area (Å²) < 4.78 is 5.40. The topological polar surface area (TPSA) is 71.5 Å². The van der Waals surface area contributed by atoms with Crippen LogP contribution < -0.4 is 4.90 Å². The van der Waals surface area contributed by atoms with Gasteiger partial charge in [-0.25, -0.2) is 9.97 Å². The van der Waals surface area contributed by atoms with Crippen molar-refractivity contribution in [1.82, 2.24) is 19.9 Å². The second kappa shape index (κ2) is 7.38. The SMILES string of the molecule is Cc1ncccc1-c1cnc(N2CC3(CC3)c3ccc(C(=O)N4CCOCC4)cc32)nc1. The molecule has 1 aliphatic carbocycles. The van der Waals surface area contributed by atoms with Gasteiger partial charge in [0.05, 0.1) is 13.2 Å². The molecule has 0 N–H and O–H groups in total. The Hall–Kier alpha value is -3.32. The van der Waals surface area contributed by atoms with Gasteiger partial charge in [-0.05, 0) is 43.5 Å². The van der Waals surface area contributed by atoms with Crippen molar-refractivity contribution in [1.29, 1.82) is 0 Å². The molecule has 0 unspecified atom stereocenters. The summed E-state index contributed by atoms with van der Waals surface area (Å²) in [6.07, 6.45) is 7.86. The van der Waals surface area contributed by atoms with Crippen LogP contribution in [0.15, 0.2) is 48.9 Å². The highest BCUT2D eigenvalue weighted by atomic mass is 16.5. The van der Waals surface area contributed by atoms with E-state index in [2.05, 4.69) is 16.0 Å². The summed E-state index contributed by atoms with van der Waals surface area (Å²) in [5, 5.41) is 0. The number of nitrogens with zero attached hydrogens (tertiary/aromatic N) is 5. The van der Waals surface area contributed by atoms with Crippen LogP contribution >= 0.6 is 0 Å². The van der Waals surface area contributed by atoms with E-state index in [0.717, 1.165) is 34.6 Å². The molecule has 0 atom stereocenters. The molecule has 2 aromatic heterocycles. The smallest absolute Gasteiger partial charge is 0.254 e. The minimum Gasteiger partial charge on any atom is -0.378 e. The van der Waals surface area contributed by atoms with E-state index in [0.29, 0.717) is 32.3 Å². The Morgan fingerprint density at radius 3 is 2.56 bits per heavy atom. The van der Waals surface area contributed by atoms with E-state index in [1.165, 1.54) is 18.4 Å². The quantitative estimate of drug-likeness (QED) is 0.637. The third kappa shape index (κ3) is 3.15. The van der Waals surface area contributed by atoms with Crippen molar-refractivity contribution in [2.75, 3.05) is 37.7 Å². The molecule has 1 saturated carbocycles. The number of carbonyl (C=O) groups is 1. The van der Waals surface area contributed by atoms with Crippen LogP contribution in [0.25, 0.3) is 11.1 Å². The Bertz CT molecular complexity index is 1180. The Morgan fingerprint density at radius 1 is 1.06 bits per heavy atom. The van der Waals surface area contributed by atoms with Crippen LogP contribution in [0.3, 0.4) is 0 Å². The first-order valence-electron chi connectivity index (χ1n) is 11.2. The summed E-state index contributed by atoms with van der Waals surface area (Å²) in [6.45, 7) is 5.33. The minimum absolute atomic E-state index is 0.0658. The van der Waals surface area contributed by atoms with E-state index in [1.54, 1.807) is 6.20 Å². The Kier molecular flexibility index (Phi) is 4.47. The molecule has 2 aliphatic heterocycles.